The van der Waals surface area contributed by atoms with E-state index in [1.54, 1.807) is 0 Å². The monoisotopic (exact) mass is 242 g/mol. The van der Waals surface area contributed by atoms with Crippen molar-refractivity contribution in [1.82, 2.24) is 4.57 Å². The third kappa shape index (κ3) is 1.95. The van der Waals surface area contributed by atoms with E-state index in [9.17, 15) is 0 Å². The summed E-state index contributed by atoms with van der Waals surface area (Å²) in [5, 5.41) is 1.35. The molecule has 0 bridgehead atoms. The molecule has 96 valence electrons. The summed E-state index contributed by atoms with van der Waals surface area (Å²) in [6.07, 6.45) is 7.50. The van der Waals surface area contributed by atoms with Crippen molar-refractivity contribution in [2.24, 2.45) is 11.7 Å². The Morgan fingerprint density at radius 1 is 1.22 bits per heavy atom. The lowest BCUT2D eigenvalue weighted by atomic mass is 9.84. The molecule has 1 aliphatic carbocycles. The summed E-state index contributed by atoms with van der Waals surface area (Å²) in [6, 6.07) is 9.55. The van der Waals surface area contributed by atoms with Crippen molar-refractivity contribution in [2.75, 3.05) is 6.54 Å². The second kappa shape index (κ2) is 4.77. The maximum atomic E-state index is 5.96. The molecule has 0 saturated heterocycles. The van der Waals surface area contributed by atoms with Crippen LogP contribution in [-0.2, 0) is 0 Å². The zero-order valence-corrected chi connectivity index (χ0v) is 11.1. The molecule has 2 N–H and O–H groups in total. The van der Waals surface area contributed by atoms with Gasteiger partial charge in [0.05, 0.1) is 0 Å². The number of hydrogen-bond acceptors (Lipinski definition) is 1. The Labute approximate surface area is 109 Å². The van der Waals surface area contributed by atoms with Gasteiger partial charge in [0.15, 0.2) is 0 Å². The van der Waals surface area contributed by atoms with Gasteiger partial charge < -0.3 is 10.3 Å². The van der Waals surface area contributed by atoms with Crippen molar-refractivity contribution >= 4 is 10.9 Å². The predicted octanol–water partition coefficient (Wildman–Crippen LogP) is 3.64. The molecule has 1 fully saturated rings. The van der Waals surface area contributed by atoms with E-state index in [-0.39, 0.29) is 0 Å². The summed E-state index contributed by atoms with van der Waals surface area (Å²) >= 11 is 0. The summed E-state index contributed by atoms with van der Waals surface area (Å²) in [6.45, 7) is 2.98. The zero-order chi connectivity index (χ0) is 12.5. The molecule has 2 nitrogen and oxygen atoms in total. The molecule has 0 radical (unpaired) electrons. The fraction of sp³-hybridized carbons (Fsp3) is 0.500. The number of benzene rings is 1. The van der Waals surface area contributed by atoms with E-state index in [1.807, 2.05) is 0 Å². The van der Waals surface area contributed by atoms with Gasteiger partial charge >= 0.3 is 0 Å². The van der Waals surface area contributed by atoms with E-state index in [0.717, 1.165) is 6.54 Å². The van der Waals surface area contributed by atoms with Gasteiger partial charge in [-0.05, 0) is 55.3 Å². The lowest BCUT2D eigenvalue weighted by molar-refractivity contribution is 0.250. The van der Waals surface area contributed by atoms with Crippen LogP contribution in [0.2, 0.25) is 0 Å². The Morgan fingerprint density at radius 3 is 2.89 bits per heavy atom. The number of nitrogens with zero attached hydrogens (tertiary/aromatic N) is 1. The fourth-order valence-corrected chi connectivity index (χ4v) is 3.38. The SMILES string of the molecule is Cc1ccc2ccn(C3CCCCC3CN)c2c1. The lowest BCUT2D eigenvalue weighted by Crippen LogP contribution is -2.28. The van der Waals surface area contributed by atoms with Gasteiger partial charge in [-0.1, -0.05) is 25.0 Å². The number of aromatic nitrogens is 1. The number of rotatable bonds is 2. The molecule has 0 aliphatic heterocycles. The summed E-state index contributed by atoms with van der Waals surface area (Å²) < 4.78 is 2.47. The maximum Gasteiger partial charge on any atom is 0.0485 e. The number of hydrogen-bond donors (Lipinski definition) is 1. The third-order valence-electron chi connectivity index (χ3n) is 4.41. The Hall–Kier alpha value is -1.28. The Morgan fingerprint density at radius 2 is 2.06 bits per heavy atom. The van der Waals surface area contributed by atoms with Crippen LogP contribution in [0.4, 0.5) is 0 Å². The number of nitrogens with two attached hydrogens (primary N) is 1. The van der Waals surface area contributed by atoms with E-state index < -0.39 is 0 Å². The highest BCUT2D eigenvalue weighted by atomic mass is 15.0. The first-order valence-electron chi connectivity index (χ1n) is 7.07. The first kappa shape index (κ1) is 11.8. The van der Waals surface area contributed by atoms with Crippen LogP contribution in [0.5, 0.6) is 0 Å². The molecule has 2 heteroatoms. The van der Waals surface area contributed by atoms with Crippen LogP contribution < -0.4 is 5.73 Å². The molecule has 1 aromatic carbocycles. The van der Waals surface area contributed by atoms with Crippen LogP contribution in [0.3, 0.4) is 0 Å². The minimum atomic E-state index is 0.600. The number of aryl methyl sites for hydroxylation is 1. The first-order chi connectivity index (χ1) is 8.79. The molecule has 1 aliphatic rings. The average molecular weight is 242 g/mol. The quantitative estimate of drug-likeness (QED) is 0.856. The van der Waals surface area contributed by atoms with E-state index in [1.165, 1.54) is 42.1 Å². The summed E-state index contributed by atoms with van der Waals surface area (Å²) in [5.41, 5.74) is 8.67. The van der Waals surface area contributed by atoms with E-state index in [4.69, 9.17) is 5.73 Å². The molecule has 2 unspecified atom stereocenters. The molecule has 0 spiro atoms. The lowest BCUT2D eigenvalue weighted by Gasteiger charge is -2.32. The van der Waals surface area contributed by atoms with E-state index in [0.29, 0.717) is 12.0 Å². The highest BCUT2D eigenvalue weighted by Gasteiger charge is 2.25. The van der Waals surface area contributed by atoms with Gasteiger partial charge in [0.25, 0.3) is 0 Å². The van der Waals surface area contributed by atoms with Crippen LogP contribution in [0.25, 0.3) is 10.9 Å². The zero-order valence-electron chi connectivity index (χ0n) is 11.1. The molecule has 2 aromatic rings. The normalized spacial score (nSPS) is 24.6. The smallest absolute Gasteiger partial charge is 0.0485 e. The Kier molecular flexibility index (Phi) is 3.13. The van der Waals surface area contributed by atoms with Gasteiger partial charge in [0.1, 0.15) is 0 Å². The largest absolute Gasteiger partial charge is 0.344 e. The highest BCUT2D eigenvalue weighted by Crippen LogP contribution is 2.35. The van der Waals surface area contributed by atoms with Gasteiger partial charge in [0.2, 0.25) is 0 Å². The standard InChI is InChI=1S/C16H22N2/c1-12-6-7-13-8-9-18(16(13)10-12)15-5-3-2-4-14(15)11-17/h6-10,14-15H,2-5,11,17H2,1H3. The average Bonchev–Trinajstić information content (AvgIpc) is 2.81. The molecular weight excluding hydrogens is 220 g/mol. The van der Waals surface area contributed by atoms with Crippen LogP contribution in [0.15, 0.2) is 30.5 Å². The van der Waals surface area contributed by atoms with Crippen LogP contribution >= 0.6 is 0 Å². The van der Waals surface area contributed by atoms with Crippen molar-refractivity contribution in [3.63, 3.8) is 0 Å². The van der Waals surface area contributed by atoms with Gasteiger partial charge in [0, 0.05) is 17.8 Å². The maximum absolute atomic E-state index is 5.96. The van der Waals surface area contributed by atoms with Crippen molar-refractivity contribution in [3.05, 3.63) is 36.0 Å². The van der Waals surface area contributed by atoms with Crippen LogP contribution in [0, 0.1) is 12.8 Å². The van der Waals surface area contributed by atoms with Gasteiger partial charge in [-0.2, -0.15) is 0 Å². The van der Waals surface area contributed by atoms with Crippen molar-refractivity contribution in [3.8, 4) is 0 Å². The molecule has 1 saturated carbocycles. The minimum Gasteiger partial charge on any atom is -0.344 e. The summed E-state index contributed by atoms with van der Waals surface area (Å²) in [7, 11) is 0. The van der Waals surface area contributed by atoms with E-state index >= 15 is 0 Å². The minimum absolute atomic E-state index is 0.600. The molecule has 1 aromatic heterocycles. The highest BCUT2D eigenvalue weighted by molar-refractivity contribution is 5.81. The Balaban J connectivity index is 2.04. The summed E-state index contributed by atoms with van der Waals surface area (Å²) in [5.74, 6) is 0.648. The molecule has 1 heterocycles. The number of fused-ring (bicyclic) bond motifs is 1. The van der Waals surface area contributed by atoms with Crippen molar-refractivity contribution in [1.29, 1.82) is 0 Å². The topological polar surface area (TPSA) is 30.9 Å². The second-order valence-electron chi connectivity index (χ2n) is 5.63. The van der Waals surface area contributed by atoms with Gasteiger partial charge in [-0.3, -0.25) is 0 Å². The first-order valence-corrected chi connectivity index (χ1v) is 7.07. The van der Waals surface area contributed by atoms with Gasteiger partial charge in [-0.15, -0.1) is 0 Å². The van der Waals surface area contributed by atoms with Crippen molar-refractivity contribution in [2.45, 2.75) is 38.6 Å². The fourth-order valence-electron chi connectivity index (χ4n) is 3.38. The molecule has 2 atom stereocenters. The molecule has 3 rings (SSSR count). The second-order valence-corrected chi connectivity index (χ2v) is 5.63. The molecule has 0 amide bonds. The Bertz CT molecular complexity index is 541. The summed E-state index contributed by atoms with van der Waals surface area (Å²) in [4.78, 5) is 0. The van der Waals surface area contributed by atoms with Crippen molar-refractivity contribution < 1.29 is 0 Å². The molecule has 18 heavy (non-hydrogen) atoms. The van der Waals surface area contributed by atoms with Gasteiger partial charge in [-0.25, -0.2) is 0 Å². The van der Waals surface area contributed by atoms with E-state index in [2.05, 4.69) is 42.0 Å². The predicted molar refractivity (Wildman–Crippen MR) is 76.7 cm³/mol. The van der Waals surface area contributed by atoms with Crippen LogP contribution in [0.1, 0.15) is 37.3 Å². The molecular formula is C16H22N2. The third-order valence-corrected chi connectivity index (χ3v) is 4.41. The van der Waals surface area contributed by atoms with Crippen LogP contribution in [-0.4, -0.2) is 11.1 Å².